The highest BCUT2D eigenvalue weighted by molar-refractivity contribution is 8.00. The number of rotatable bonds is 7. The van der Waals surface area contributed by atoms with Crippen LogP contribution in [0.2, 0.25) is 5.02 Å². The molecule has 1 N–H and O–H groups in total. The lowest BCUT2D eigenvalue weighted by atomic mass is 10.1. The van der Waals surface area contributed by atoms with Crippen molar-refractivity contribution in [1.29, 1.82) is 5.26 Å². The Bertz CT molecular complexity index is 994. The molecule has 2 aromatic carbocycles. The highest BCUT2D eigenvalue weighted by Crippen LogP contribution is 2.27. The molecule has 3 rings (SSSR count). The molecule has 1 amide bonds. The maximum absolute atomic E-state index is 12.9. The fourth-order valence-corrected chi connectivity index (χ4v) is 3.83. The Morgan fingerprint density at radius 3 is 2.61 bits per heavy atom. The lowest BCUT2D eigenvalue weighted by molar-refractivity contribution is -0.129. The Morgan fingerprint density at radius 1 is 1.21 bits per heavy atom. The summed E-state index contributed by atoms with van der Waals surface area (Å²) in [6.45, 7) is 2.76. The number of aryl methyl sites for hydroxylation is 1. The molecule has 0 spiro atoms. The minimum Gasteiger partial charge on any atom is -0.345 e. The summed E-state index contributed by atoms with van der Waals surface area (Å²) < 4.78 is 0. The number of aromatic amines is 1. The van der Waals surface area contributed by atoms with Gasteiger partial charge in [-0.1, -0.05) is 35.9 Å². The highest BCUT2D eigenvalue weighted by atomic mass is 35.5. The number of halogens is 1. The second kappa shape index (κ2) is 9.45. The van der Waals surface area contributed by atoms with Crippen LogP contribution >= 0.6 is 23.4 Å². The van der Waals surface area contributed by atoms with Gasteiger partial charge in [0.15, 0.2) is 0 Å². The van der Waals surface area contributed by atoms with Crippen molar-refractivity contribution < 1.29 is 4.79 Å². The highest BCUT2D eigenvalue weighted by Gasteiger charge is 2.17. The number of amides is 1. The molecule has 0 fully saturated rings. The van der Waals surface area contributed by atoms with Crippen molar-refractivity contribution in [1.82, 2.24) is 14.9 Å². The summed E-state index contributed by atoms with van der Waals surface area (Å²) in [6, 6.07) is 16.9. The largest absolute Gasteiger partial charge is 0.345 e. The molecule has 0 atom stereocenters. The van der Waals surface area contributed by atoms with E-state index in [9.17, 15) is 4.79 Å². The summed E-state index contributed by atoms with van der Waals surface area (Å²) in [6.07, 6.45) is 1.75. The van der Waals surface area contributed by atoms with Crippen LogP contribution in [0.1, 0.15) is 22.6 Å². The van der Waals surface area contributed by atoms with Gasteiger partial charge >= 0.3 is 0 Å². The Labute approximate surface area is 173 Å². The lowest BCUT2D eigenvalue weighted by Gasteiger charge is -2.22. The van der Waals surface area contributed by atoms with Crippen LogP contribution in [-0.4, -0.2) is 26.5 Å². The van der Waals surface area contributed by atoms with E-state index < -0.39 is 0 Å². The number of H-pyrrole nitrogens is 1. The molecule has 0 saturated heterocycles. The number of nitrogens with one attached hydrogen (secondary N) is 1. The molecular weight excluding hydrogens is 392 g/mol. The molecule has 0 aliphatic carbocycles. The van der Waals surface area contributed by atoms with Gasteiger partial charge in [0.2, 0.25) is 5.91 Å². The van der Waals surface area contributed by atoms with Crippen molar-refractivity contribution >= 4 is 29.3 Å². The van der Waals surface area contributed by atoms with Gasteiger partial charge in [0.25, 0.3) is 0 Å². The first kappa shape index (κ1) is 20.0. The number of hydrogen-bond acceptors (Lipinski definition) is 4. The number of imidazole rings is 1. The summed E-state index contributed by atoms with van der Waals surface area (Å²) in [5.41, 5.74) is 2.44. The van der Waals surface area contributed by atoms with E-state index in [4.69, 9.17) is 16.9 Å². The smallest absolute Gasteiger partial charge is 0.233 e. The van der Waals surface area contributed by atoms with E-state index in [-0.39, 0.29) is 11.7 Å². The fourth-order valence-electron chi connectivity index (χ4n) is 2.69. The fraction of sp³-hybridized carbons (Fsp3) is 0.190. The van der Waals surface area contributed by atoms with Gasteiger partial charge in [-0.2, -0.15) is 5.26 Å². The van der Waals surface area contributed by atoms with Gasteiger partial charge in [0.1, 0.15) is 5.82 Å². The van der Waals surface area contributed by atoms with Crippen LogP contribution in [0.5, 0.6) is 0 Å². The van der Waals surface area contributed by atoms with Crippen molar-refractivity contribution in [2.45, 2.75) is 24.9 Å². The maximum Gasteiger partial charge on any atom is 0.233 e. The van der Waals surface area contributed by atoms with E-state index in [0.717, 1.165) is 22.0 Å². The summed E-state index contributed by atoms with van der Waals surface area (Å²) in [4.78, 5) is 23.0. The first-order valence-electron chi connectivity index (χ1n) is 8.70. The minimum absolute atomic E-state index is 0.00142. The van der Waals surface area contributed by atoms with Gasteiger partial charge in [0, 0.05) is 11.4 Å². The van der Waals surface area contributed by atoms with Gasteiger partial charge in [-0.25, -0.2) is 4.98 Å². The third-order valence-electron chi connectivity index (χ3n) is 4.11. The molecule has 0 radical (unpaired) electrons. The van der Waals surface area contributed by atoms with Crippen LogP contribution in [0.3, 0.4) is 0 Å². The zero-order chi connectivity index (χ0) is 19.9. The summed E-state index contributed by atoms with van der Waals surface area (Å²) in [5.74, 6) is 1.10. The number of nitrogens with zero attached hydrogens (tertiary/aromatic N) is 3. The molecular formula is C21H19ClN4OS. The van der Waals surface area contributed by atoms with E-state index in [0.29, 0.717) is 23.7 Å². The van der Waals surface area contributed by atoms with E-state index in [1.165, 1.54) is 11.8 Å². The third kappa shape index (κ3) is 5.38. The Balaban J connectivity index is 1.73. The van der Waals surface area contributed by atoms with Crippen molar-refractivity contribution in [2.75, 3.05) is 5.75 Å². The Hall–Kier alpha value is -2.75. The molecule has 1 aromatic heterocycles. The lowest BCUT2D eigenvalue weighted by Crippen LogP contribution is -2.31. The van der Waals surface area contributed by atoms with Gasteiger partial charge in [-0.05, 0) is 36.8 Å². The van der Waals surface area contributed by atoms with Crippen LogP contribution < -0.4 is 0 Å². The van der Waals surface area contributed by atoms with Crippen molar-refractivity contribution in [3.63, 3.8) is 0 Å². The predicted octanol–water partition coefficient (Wildman–Crippen LogP) is 4.56. The second-order valence-electron chi connectivity index (χ2n) is 6.27. The standard InChI is InChI=1S/C21H19ClN4OS/c1-15-24-11-18(25-15)13-26(12-17-8-6-16(10-23)7-9-17)21(27)14-28-20-5-3-2-4-19(20)22/h2-9,11H,12-14H2,1H3,(H,24,25). The number of carbonyl (C=O) groups excluding carboxylic acids is 1. The third-order valence-corrected chi connectivity index (χ3v) is 5.61. The van der Waals surface area contributed by atoms with E-state index in [1.807, 2.05) is 43.3 Å². The van der Waals surface area contributed by atoms with Crippen LogP contribution in [0.4, 0.5) is 0 Å². The average Bonchev–Trinajstić information content (AvgIpc) is 3.12. The second-order valence-corrected chi connectivity index (χ2v) is 7.70. The number of carbonyl (C=O) groups is 1. The van der Waals surface area contributed by atoms with Gasteiger partial charge in [-0.3, -0.25) is 4.79 Å². The first-order valence-corrected chi connectivity index (χ1v) is 10.1. The quantitative estimate of drug-likeness (QED) is 0.579. The molecule has 142 valence electrons. The van der Waals surface area contributed by atoms with Crippen LogP contribution in [0.25, 0.3) is 0 Å². The topological polar surface area (TPSA) is 72.8 Å². The molecule has 0 aliphatic heterocycles. The molecule has 0 saturated carbocycles. The molecule has 0 unspecified atom stereocenters. The van der Waals surface area contributed by atoms with Gasteiger partial charge in [0.05, 0.1) is 40.8 Å². The van der Waals surface area contributed by atoms with Crippen molar-refractivity contribution in [2.24, 2.45) is 0 Å². The number of nitriles is 1. The molecule has 0 aliphatic rings. The van der Waals surface area contributed by atoms with E-state index in [2.05, 4.69) is 16.0 Å². The van der Waals surface area contributed by atoms with Crippen LogP contribution in [0, 0.1) is 18.3 Å². The van der Waals surface area contributed by atoms with Crippen molar-refractivity contribution in [3.05, 3.63) is 82.4 Å². The van der Waals surface area contributed by atoms with Gasteiger partial charge < -0.3 is 9.88 Å². The number of benzene rings is 2. The maximum atomic E-state index is 12.9. The molecule has 5 nitrogen and oxygen atoms in total. The molecule has 0 bridgehead atoms. The summed E-state index contributed by atoms with van der Waals surface area (Å²) in [7, 11) is 0. The zero-order valence-electron chi connectivity index (χ0n) is 15.4. The molecule has 3 aromatic rings. The number of aromatic nitrogens is 2. The monoisotopic (exact) mass is 410 g/mol. The minimum atomic E-state index is 0.00142. The predicted molar refractivity (Wildman–Crippen MR) is 111 cm³/mol. The van der Waals surface area contributed by atoms with Crippen LogP contribution in [0.15, 0.2) is 59.6 Å². The average molecular weight is 411 g/mol. The normalized spacial score (nSPS) is 10.5. The first-order chi connectivity index (χ1) is 13.5. The van der Waals surface area contributed by atoms with Gasteiger partial charge in [-0.15, -0.1) is 11.8 Å². The van der Waals surface area contributed by atoms with Crippen molar-refractivity contribution in [3.8, 4) is 6.07 Å². The Morgan fingerprint density at radius 2 is 1.96 bits per heavy atom. The zero-order valence-corrected chi connectivity index (χ0v) is 16.9. The molecule has 7 heteroatoms. The van der Waals surface area contributed by atoms with Crippen LogP contribution in [-0.2, 0) is 17.9 Å². The molecule has 28 heavy (non-hydrogen) atoms. The summed E-state index contributed by atoms with van der Waals surface area (Å²) in [5, 5.41) is 9.60. The summed E-state index contributed by atoms with van der Waals surface area (Å²) >= 11 is 7.62. The number of hydrogen-bond donors (Lipinski definition) is 1. The van der Waals surface area contributed by atoms with E-state index in [1.54, 1.807) is 23.2 Å². The Kier molecular flexibility index (Phi) is 6.75. The molecule has 1 heterocycles. The van der Waals surface area contributed by atoms with E-state index >= 15 is 0 Å². The number of thioether (sulfide) groups is 1. The SMILES string of the molecule is Cc1ncc(CN(Cc2ccc(C#N)cc2)C(=O)CSc2ccccc2Cl)[nH]1.